The van der Waals surface area contributed by atoms with Crippen LogP contribution in [0.5, 0.6) is 0 Å². The number of hydrogen-bond donors (Lipinski definition) is 2. The summed E-state index contributed by atoms with van der Waals surface area (Å²) in [7, 11) is 0. The Hall–Kier alpha value is -0.860. The molecule has 0 aliphatic carbocycles. The van der Waals surface area contributed by atoms with Gasteiger partial charge in [-0.3, -0.25) is 0 Å². The van der Waals surface area contributed by atoms with Crippen LogP contribution in [-0.2, 0) is 6.42 Å². The van der Waals surface area contributed by atoms with Gasteiger partial charge in [0.05, 0.1) is 13.2 Å². The van der Waals surface area contributed by atoms with Crippen molar-refractivity contribution in [3.05, 3.63) is 35.9 Å². The summed E-state index contributed by atoms with van der Waals surface area (Å²) >= 11 is 0. The zero-order valence-corrected chi connectivity index (χ0v) is 9.32. The molecular formula is C13H20O2. The van der Waals surface area contributed by atoms with E-state index in [0.29, 0.717) is 0 Å². The predicted molar refractivity (Wildman–Crippen MR) is 61.7 cm³/mol. The minimum Gasteiger partial charge on any atom is -0.396 e. The highest BCUT2D eigenvalue weighted by Crippen LogP contribution is 2.22. The number of rotatable bonds is 6. The van der Waals surface area contributed by atoms with Gasteiger partial charge < -0.3 is 10.2 Å². The van der Waals surface area contributed by atoms with E-state index in [1.165, 1.54) is 5.56 Å². The summed E-state index contributed by atoms with van der Waals surface area (Å²) in [6.07, 6.45) is 2.87. The minimum atomic E-state index is -0.325. The Kier molecular flexibility index (Phi) is 4.79. The fourth-order valence-electron chi connectivity index (χ4n) is 1.57. The molecule has 1 aromatic carbocycles. The molecule has 0 bridgehead atoms. The second kappa shape index (κ2) is 5.89. The van der Waals surface area contributed by atoms with E-state index in [9.17, 15) is 0 Å². The van der Waals surface area contributed by atoms with E-state index in [1.807, 2.05) is 25.1 Å². The van der Waals surface area contributed by atoms with Gasteiger partial charge in [-0.25, -0.2) is 0 Å². The van der Waals surface area contributed by atoms with Gasteiger partial charge in [-0.15, -0.1) is 0 Å². The van der Waals surface area contributed by atoms with Crippen molar-refractivity contribution in [2.75, 3.05) is 13.2 Å². The third kappa shape index (κ3) is 4.02. The van der Waals surface area contributed by atoms with Crippen molar-refractivity contribution in [3.8, 4) is 0 Å². The van der Waals surface area contributed by atoms with Gasteiger partial charge in [-0.1, -0.05) is 37.3 Å². The van der Waals surface area contributed by atoms with Crippen molar-refractivity contribution >= 4 is 0 Å². The van der Waals surface area contributed by atoms with Gasteiger partial charge in [0, 0.05) is 5.41 Å². The van der Waals surface area contributed by atoms with Crippen LogP contribution in [0.3, 0.4) is 0 Å². The Morgan fingerprint density at radius 1 is 1.07 bits per heavy atom. The van der Waals surface area contributed by atoms with Crippen LogP contribution >= 0.6 is 0 Å². The van der Waals surface area contributed by atoms with Crippen LogP contribution in [0.25, 0.3) is 0 Å². The van der Waals surface area contributed by atoms with Crippen molar-refractivity contribution in [2.45, 2.75) is 26.2 Å². The molecule has 0 aliphatic heterocycles. The molecule has 0 saturated heterocycles. The fraction of sp³-hybridized carbons (Fsp3) is 0.538. The van der Waals surface area contributed by atoms with Crippen LogP contribution in [0.1, 0.15) is 25.3 Å². The second-order valence-corrected chi connectivity index (χ2v) is 4.47. The molecule has 0 atom stereocenters. The number of aryl methyl sites for hydroxylation is 1. The summed E-state index contributed by atoms with van der Waals surface area (Å²) < 4.78 is 0. The third-order valence-electron chi connectivity index (χ3n) is 2.85. The monoisotopic (exact) mass is 208 g/mol. The van der Waals surface area contributed by atoms with Crippen LogP contribution in [-0.4, -0.2) is 23.4 Å². The van der Waals surface area contributed by atoms with Gasteiger partial charge in [-0.05, 0) is 24.8 Å². The maximum Gasteiger partial charge on any atom is 0.0506 e. The van der Waals surface area contributed by atoms with Crippen LogP contribution in [0, 0.1) is 5.41 Å². The molecule has 2 heteroatoms. The first kappa shape index (κ1) is 12.2. The highest BCUT2D eigenvalue weighted by Gasteiger charge is 2.21. The molecule has 84 valence electrons. The lowest BCUT2D eigenvalue weighted by Crippen LogP contribution is -2.25. The Morgan fingerprint density at radius 2 is 1.67 bits per heavy atom. The largest absolute Gasteiger partial charge is 0.396 e. The van der Waals surface area contributed by atoms with Gasteiger partial charge in [-0.2, -0.15) is 0 Å². The third-order valence-corrected chi connectivity index (χ3v) is 2.85. The van der Waals surface area contributed by atoms with Crippen molar-refractivity contribution in [3.63, 3.8) is 0 Å². The summed E-state index contributed by atoms with van der Waals surface area (Å²) in [6, 6.07) is 10.3. The number of benzene rings is 1. The molecule has 0 heterocycles. The Morgan fingerprint density at radius 3 is 2.20 bits per heavy atom. The minimum absolute atomic E-state index is 0.0539. The maximum absolute atomic E-state index is 9.12. The molecular weight excluding hydrogens is 188 g/mol. The van der Waals surface area contributed by atoms with Gasteiger partial charge in [0.15, 0.2) is 0 Å². The molecule has 0 aliphatic rings. The van der Waals surface area contributed by atoms with Crippen LogP contribution < -0.4 is 0 Å². The fourth-order valence-corrected chi connectivity index (χ4v) is 1.57. The first-order valence-electron chi connectivity index (χ1n) is 5.46. The maximum atomic E-state index is 9.12. The number of aliphatic hydroxyl groups excluding tert-OH is 2. The summed E-state index contributed by atoms with van der Waals surface area (Å²) in [4.78, 5) is 0. The van der Waals surface area contributed by atoms with E-state index in [1.54, 1.807) is 0 Å². The van der Waals surface area contributed by atoms with E-state index in [2.05, 4.69) is 12.1 Å². The first-order valence-corrected chi connectivity index (χ1v) is 5.46. The Labute approximate surface area is 91.6 Å². The molecule has 0 aromatic heterocycles. The van der Waals surface area contributed by atoms with Gasteiger partial charge in [0.2, 0.25) is 0 Å². The molecule has 0 amide bonds. The number of hydrogen-bond acceptors (Lipinski definition) is 2. The highest BCUT2D eigenvalue weighted by atomic mass is 16.3. The summed E-state index contributed by atoms with van der Waals surface area (Å²) in [5.41, 5.74) is 0.991. The molecule has 0 radical (unpaired) electrons. The Balaban J connectivity index is 2.33. The second-order valence-electron chi connectivity index (χ2n) is 4.47. The highest BCUT2D eigenvalue weighted by molar-refractivity contribution is 5.14. The summed E-state index contributed by atoms with van der Waals surface area (Å²) in [5.74, 6) is 0. The zero-order valence-electron chi connectivity index (χ0n) is 9.32. The van der Waals surface area contributed by atoms with Crippen molar-refractivity contribution in [1.82, 2.24) is 0 Å². The lowest BCUT2D eigenvalue weighted by Gasteiger charge is -2.24. The quantitative estimate of drug-likeness (QED) is 0.750. The zero-order chi connectivity index (χ0) is 11.1. The van der Waals surface area contributed by atoms with Crippen LogP contribution in [0.2, 0.25) is 0 Å². The van der Waals surface area contributed by atoms with Gasteiger partial charge >= 0.3 is 0 Å². The van der Waals surface area contributed by atoms with E-state index in [0.717, 1.165) is 19.3 Å². The van der Waals surface area contributed by atoms with Crippen LogP contribution in [0.15, 0.2) is 30.3 Å². The van der Waals surface area contributed by atoms with Crippen molar-refractivity contribution in [1.29, 1.82) is 0 Å². The van der Waals surface area contributed by atoms with E-state index in [4.69, 9.17) is 10.2 Å². The molecule has 0 spiro atoms. The molecule has 0 fully saturated rings. The Bertz CT molecular complexity index is 265. The lowest BCUT2D eigenvalue weighted by atomic mass is 9.86. The SMILES string of the molecule is CC(CO)(CO)CCCc1ccccc1. The smallest absolute Gasteiger partial charge is 0.0506 e. The molecule has 1 aromatic rings. The van der Waals surface area contributed by atoms with Gasteiger partial charge in [0.25, 0.3) is 0 Å². The van der Waals surface area contributed by atoms with Crippen molar-refractivity contribution in [2.24, 2.45) is 5.41 Å². The molecule has 2 N–H and O–H groups in total. The van der Waals surface area contributed by atoms with Gasteiger partial charge in [0.1, 0.15) is 0 Å². The normalized spacial score (nSPS) is 11.7. The average molecular weight is 208 g/mol. The van der Waals surface area contributed by atoms with E-state index in [-0.39, 0.29) is 18.6 Å². The topological polar surface area (TPSA) is 40.5 Å². The number of aliphatic hydroxyl groups is 2. The summed E-state index contributed by atoms with van der Waals surface area (Å²) in [5, 5.41) is 18.2. The predicted octanol–water partition coefficient (Wildman–Crippen LogP) is 2.00. The molecule has 15 heavy (non-hydrogen) atoms. The molecule has 2 nitrogen and oxygen atoms in total. The molecule has 1 rings (SSSR count). The lowest BCUT2D eigenvalue weighted by molar-refractivity contribution is 0.0612. The summed E-state index contributed by atoms with van der Waals surface area (Å²) in [6.45, 7) is 2.02. The standard InChI is InChI=1S/C13H20O2/c1-13(10-14,11-15)9-5-8-12-6-3-2-4-7-12/h2-4,6-7,14-15H,5,8-11H2,1H3. The average Bonchev–Trinajstić information content (AvgIpc) is 2.30. The van der Waals surface area contributed by atoms with E-state index < -0.39 is 0 Å². The first-order chi connectivity index (χ1) is 7.20. The molecule has 0 saturated carbocycles. The van der Waals surface area contributed by atoms with Crippen LogP contribution in [0.4, 0.5) is 0 Å². The van der Waals surface area contributed by atoms with Crippen molar-refractivity contribution < 1.29 is 10.2 Å². The van der Waals surface area contributed by atoms with E-state index >= 15 is 0 Å². The molecule has 0 unspecified atom stereocenters.